The summed E-state index contributed by atoms with van der Waals surface area (Å²) in [6, 6.07) is 10.4. The number of sulfone groups is 1. The van der Waals surface area contributed by atoms with E-state index in [9.17, 15) is 13.6 Å². The van der Waals surface area contributed by atoms with Crippen molar-refractivity contribution in [1.82, 2.24) is 0 Å². The Morgan fingerprint density at radius 1 is 1.13 bits per heavy atom. The number of carbonyl (C=O) groups is 1. The average Bonchev–Trinajstić information content (AvgIpc) is 2.50. The molecular weight excluding hydrogens is 332 g/mol. The molecule has 0 saturated carbocycles. The van der Waals surface area contributed by atoms with Gasteiger partial charge >= 0.3 is 0 Å². The van der Waals surface area contributed by atoms with Crippen LogP contribution in [-0.4, -0.2) is 10.3 Å². The van der Waals surface area contributed by atoms with Gasteiger partial charge in [-0.2, -0.15) is 0 Å². The molecule has 0 bridgehead atoms. The van der Waals surface area contributed by atoms with Crippen molar-refractivity contribution in [3.05, 3.63) is 63.7 Å². The fourth-order valence-electron chi connectivity index (χ4n) is 2.88. The Bertz CT molecular complexity index is 829. The molecule has 0 aliphatic heterocycles. The predicted molar refractivity (Wildman–Crippen MR) is 90.5 cm³/mol. The highest BCUT2D eigenvalue weighted by Gasteiger charge is 2.24. The zero-order chi connectivity index (χ0) is 16.6. The van der Waals surface area contributed by atoms with Crippen LogP contribution in [0.3, 0.4) is 0 Å². The molecule has 0 saturated heterocycles. The minimum Gasteiger partial charge on any atom is -0.610 e. The number of hydrogen-bond donors (Lipinski definition) is 0. The van der Waals surface area contributed by atoms with Crippen LogP contribution in [0.25, 0.3) is 0 Å². The molecule has 23 heavy (non-hydrogen) atoms. The number of ketones is 1. The first kappa shape index (κ1) is 16.4. The largest absolute Gasteiger partial charge is 0.610 e. The van der Waals surface area contributed by atoms with Crippen LogP contribution < -0.4 is 0 Å². The van der Waals surface area contributed by atoms with Crippen molar-refractivity contribution in [3.63, 3.8) is 0 Å². The molecule has 0 fully saturated rings. The lowest BCUT2D eigenvalue weighted by Crippen LogP contribution is -2.17. The van der Waals surface area contributed by atoms with Gasteiger partial charge in [-0.3, -0.25) is 4.79 Å². The van der Waals surface area contributed by atoms with E-state index in [2.05, 4.69) is 0 Å². The number of aryl methyl sites for hydroxylation is 2. The van der Waals surface area contributed by atoms with Gasteiger partial charge in [0.1, 0.15) is 11.5 Å². The minimum absolute atomic E-state index is 0.0529. The second-order valence-electron chi connectivity index (χ2n) is 5.99. The van der Waals surface area contributed by atoms with Gasteiger partial charge in [-0.15, -0.1) is 4.21 Å². The van der Waals surface area contributed by atoms with Gasteiger partial charge in [-0.05, 0) is 54.3 Å². The number of carbonyl (C=O) groups excluding carboxylic acids is 1. The topological polar surface area (TPSA) is 57.2 Å². The van der Waals surface area contributed by atoms with Crippen LogP contribution in [-0.2, 0) is 37.8 Å². The van der Waals surface area contributed by atoms with Gasteiger partial charge in [0.05, 0.1) is 10.2 Å². The van der Waals surface area contributed by atoms with E-state index >= 15 is 0 Å². The Morgan fingerprint density at radius 3 is 2.65 bits per heavy atom. The van der Waals surface area contributed by atoms with E-state index < -0.39 is 10.2 Å². The summed E-state index contributed by atoms with van der Waals surface area (Å²) < 4.78 is 25.3. The van der Waals surface area contributed by atoms with Crippen LogP contribution in [0.15, 0.2) is 41.3 Å². The Balaban J connectivity index is 1.88. The van der Waals surface area contributed by atoms with E-state index in [-0.39, 0.29) is 11.5 Å². The molecule has 1 unspecified atom stereocenters. The van der Waals surface area contributed by atoms with Gasteiger partial charge in [0.2, 0.25) is 0 Å². The third-order valence-electron chi connectivity index (χ3n) is 4.18. The van der Waals surface area contributed by atoms with Crippen molar-refractivity contribution >= 4 is 27.6 Å². The number of hydrogen-bond acceptors (Lipinski definition) is 3. The number of fused-ring (bicyclic) bond motifs is 1. The van der Waals surface area contributed by atoms with E-state index in [1.807, 2.05) is 6.92 Å². The van der Waals surface area contributed by atoms with Gasteiger partial charge in [0.15, 0.2) is 4.90 Å². The maximum absolute atomic E-state index is 12.6. The second kappa shape index (κ2) is 6.19. The Labute approximate surface area is 141 Å². The van der Waals surface area contributed by atoms with E-state index in [0.717, 1.165) is 22.3 Å². The SMILES string of the molecule is Cc1cc(C[S+](=O)([O-])c2ccc3c(c2)CCC(=O)C3)ccc1Cl. The number of halogens is 1. The van der Waals surface area contributed by atoms with Crippen LogP contribution in [0, 0.1) is 6.92 Å². The zero-order valence-corrected chi connectivity index (χ0v) is 14.4. The molecule has 2 aromatic rings. The molecule has 2 aromatic carbocycles. The van der Waals surface area contributed by atoms with Crippen molar-refractivity contribution < 1.29 is 13.6 Å². The molecule has 0 heterocycles. The first-order chi connectivity index (χ1) is 10.8. The Hall–Kier alpha value is -1.49. The van der Waals surface area contributed by atoms with Crippen molar-refractivity contribution in [2.45, 2.75) is 36.8 Å². The number of rotatable bonds is 3. The molecule has 120 valence electrons. The molecule has 1 aliphatic carbocycles. The van der Waals surface area contributed by atoms with Crippen molar-refractivity contribution in [3.8, 4) is 0 Å². The first-order valence-corrected chi connectivity index (χ1v) is 9.49. The molecule has 3 rings (SSSR count). The fourth-order valence-corrected chi connectivity index (χ4v) is 4.37. The van der Waals surface area contributed by atoms with E-state index in [0.29, 0.717) is 29.2 Å². The molecule has 0 amide bonds. The van der Waals surface area contributed by atoms with E-state index in [4.69, 9.17) is 11.6 Å². The second-order valence-corrected chi connectivity index (χ2v) is 8.39. The van der Waals surface area contributed by atoms with E-state index in [1.165, 1.54) is 0 Å². The van der Waals surface area contributed by atoms with Crippen molar-refractivity contribution in [1.29, 1.82) is 0 Å². The van der Waals surface area contributed by atoms with Crippen molar-refractivity contribution in [2.24, 2.45) is 0 Å². The zero-order valence-electron chi connectivity index (χ0n) is 12.8. The minimum atomic E-state index is -3.42. The van der Waals surface area contributed by atoms with Crippen LogP contribution in [0.4, 0.5) is 0 Å². The van der Waals surface area contributed by atoms with Crippen LogP contribution in [0.2, 0.25) is 5.02 Å². The molecule has 3 nitrogen and oxygen atoms in total. The molecule has 5 heteroatoms. The van der Waals surface area contributed by atoms with Gasteiger partial charge < -0.3 is 4.55 Å². The summed E-state index contributed by atoms with van der Waals surface area (Å²) in [5, 5.41) is 0.629. The third kappa shape index (κ3) is 3.55. The monoisotopic (exact) mass is 348 g/mol. The van der Waals surface area contributed by atoms with Gasteiger partial charge in [-0.25, -0.2) is 0 Å². The summed E-state index contributed by atoms with van der Waals surface area (Å²) in [5.41, 5.74) is 3.50. The first-order valence-electron chi connectivity index (χ1n) is 7.46. The Morgan fingerprint density at radius 2 is 1.91 bits per heavy atom. The van der Waals surface area contributed by atoms with E-state index in [1.54, 1.807) is 36.4 Å². The highest BCUT2D eigenvalue weighted by Crippen LogP contribution is 2.28. The standard InChI is InChI=1S/C18H17ClO3S/c1-12-8-13(2-7-18(12)19)11-23(21,22)17-6-4-14-9-16(20)5-3-15(14)10-17/h2,4,6-8,10H,3,5,9,11H2,1H3. The van der Waals surface area contributed by atoms with Gasteiger partial charge in [0, 0.05) is 23.4 Å². The lowest BCUT2D eigenvalue weighted by molar-refractivity contribution is -0.118. The molecule has 0 N–H and O–H groups in total. The van der Waals surface area contributed by atoms with Gasteiger partial charge in [0.25, 0.3) is 0 Å². The average molecular weight is 349 g/mol. The van der Waals surface area contributed by atoms with Crippen LogP contribution >= 0.6 is 11.6 Å². The highest BCUT2D eigenvalue weighted by molar-refractivity contribution is 7.96. The molecule has 0 spiro atoms. The summed E-state index contributed by atoms with van der Waals surface area (Å²) in [5.74, 6) is 0.160. The molecular formula is C18H17ClO3S. The normalized spacial score (nSPS) is 16.7. The smallest absolute Gasteiger partial charge is 0.156 e. The number of benzene rings is 2. The summed E-state index contributed by atoms with van der Waals surface area (Å²) in [6.07, 6.45) is 1.52. The Kier molecular flexibility index (Phi) is 4.41. The molecule has 0 radical (unpaired) electrons. The highest BCUT2D eigenvalue weighted by atomic mass is 35.5. The molecule has 1 atom stereocenters. The molecule has 0 aromatic heterocycles. The maximum atomic E-state index is 12.6. The third-order valence-corrected chi connectivity index (χ3v) is 6.29. The predicted octanol–water partition coefficient (Wildman–Crippen LogP) is 3.90. The molecule has 1 aliphatic rings. The maximum Gasteiger partial charge on any atom is 0.156 e. The van der Waals surface area contributed by atoms with Crippen LogP contribution in [0.5, 0.6) is 0 Å². The van der Waals surface area contributed by atoms with Crippen molar-refractivity contribution in [2.75, 3.05) is 0 Å². The lowest BCUT2D eigenvalue weighted by Gasteiger charge is -2.19. The summed E-state index contributed by atoms with van der Waals surface area (Å²) in [6.45, 7) is 1.86. The fraction of sp³-hybridized carbons (Fsp3) is 0.278. The van der Waals surface area contributed by atoms with Gasteiger partial charge in [-0.1, -0.05) is 23.7 Å². The summed E-state index contributed by atoms with van der Waals surface area (Å²) in [7, 11) is -3.42. The number of Topliss-reactive ketones (excluding diaryl/α,β-unsaturated/α-hetero) is 1. The quantitative estimate of drug-likeness (QED) is 0.790. The van der Waals surface area contributed by atoms with Crippen LogP contribution in [0.1, 0.15) is 28.7 Å². The lowest BCUT2D eigenvalue weighted by atomic mass is 9.91. The summed E-state index contributed by atoms with van der Waals surface area (Å²) in [4.78, 5) is 11.8. The summed E-state index contributed by atoms with van der Waals surface area (Å²) >= 11 is 5.98.